The second kappa shape index (κ2) is 5.72. The first kappa shape index (κ1) is 14.7. The van der Waals surface area contributed by atoms with Crippen molar-refractivity contribution in [2.45, 2.75) is 12.6 Å². The summed E-state index contributed by atoms with van der Waals surface area (Å²) in [5.41, 5.74) is 2.81. The van der Waals surface area contributed by atoms with Crippen molar-refractivity contribution in [3.63, 3.8) is 0 Å². The predicted octanol–water partition coefficient (Wildman–Crippen LogP) is -0.114. The molecule has 0 saturated carbocycles. The third kappa shape index (κ3) is 2.49. The lowest BCUT2D eigenvalue weighted by Crippen LogP contribution is -2.50. The number of rotatable bonds is 4. The number of hydrogen-bond acceptors (Lipinski definition) is 7. The molecule has 3 aromatic heterocycles. The van der Waals surface area contributed by atoms with Gasteiger partial charge in [0.2, 0.25) is 0 Å². The molecule has 26 heavy (non-hydrogen) atoms. The maximum Gasteiger partial charge on any atom is 0.254 e. The molecule has 4 heterocycles. The smallest absolute Gasteiger partial charge is 0.254 e. The van der Waals surface area contributed by atoms with Crippen molar-refractivity contribution >= 4 is 16.9 Å². The molecule has 1 aliphatic heterocycles. The molecule has 1 N–H and O–H groups in total. The normalized spacial score (nSPS) is 14.7. The molecule has 0 unspecified atom stereocenters. The van der Waals surface area contributed by atoms with Crippen molar-refractivity contribution in [1.29, 1.82) is 0 Å². The number of hydrogen-bond donors (Lipinski definition) is 1. The standard InChI is InChI=1S/C15H14N10O/c26-15(10-1-2-13-14(5-10)20-21-19-13)23-8-12(9-23)24-6-11(18-22-24)7-25-16-3-4-17-25/h1-6,12H,7-9H2,(H,19,20,21). The van der Waals surface area contributed by atoms with Crippen LogP contribution in [0.1, 0.15) is 22.1 Å². The van der Waals surface area contributed by atoms with Gasteiger partial charge in [-0.25, -0.2) is 4.68 Å². The fourth-order valence-corrected chi connectivity index (χ4v) is 2.98. The van der Waals surface area contributed by atoms with Gasteiger partial charge in [-0.2, -0.15) is 30.4 Å². The van der Waals surface area contributed by atoms with Crippen LogP contribution in [0.4, 0.5) is 0 Å². The lowest BCUT2D eigenvalue weighted by atomic mass is 10.1. The molecule has 0 radical (unpaired) electrons. The summed E-state index contributed by atoms with van der Waals surface area (Å²) >= 11 is 0. The summed E-state index contributed by atoms with van der Waals surface area (Å²) in [6.45, 7) is 1.66. The Morgan fingerprint density at radius 2 is 1.96 bits per heavy atom. The molecule has 0 bridgehead atoms. The van der Waals surface area contributed by atoms with Crippen molar-refractivity contribution in [2.75, 3.05) is 13.1 Å². The Balaban J connectivity index is 1.24. The van der Waals surface area contributed by atoms with Crippen molar-refractivity contribution < 1.29 is 4.79 Å². The lowest BCUT2D eigenvalue weighted by Gasteiger charge is -2.38. The van der Waals surface area contributed by atoms with Crippen LogP contribution in [0.25, 0.3) is 11.0 Å². The van der Waals surface area contributed by atoms with Crippen LogP contribution in [0.15, 0.2) is 36.8 Å². The Kier molecular flexibility index (Phi) is 3.23. The molecule has 11 nitrogen and oxygen atoms in total. The lowest BCUT2D eigenvalue weighted by molar-refractivity contribution is 0.0498. The molecule has 5 rings (SSSR count). The number of likely N-dealkylation sites (tertiary alicyclic amines) is 1. The number of aromatic amines is 1. The number of aromatic nitrogens is 9. The van der Waals surface area contributed by atoms with E-state index in [-0.39, 0.29) is 11.9 Å². The van der Waals surface area contributed by atoms with Gasteiger partial charge in [-0.3, -0.25) is 4.79 Å². The van der Waals surface area contributed by atoms with Crippen LogP contribution in [-0.2, 0) is 6.54 Å². The number of benzene rings is 1. The average molecular weight is 350 g/mol. The SMILES string of the molecule is O=C(c1ccc2n[nH]nc2c1)N1CC(n2cc(Cn3nccn3)nn2)C1. The highest BCUT2D eigenvalue weighted by molar-refractivity contribution is 5.97. The van der Waals surface area contributed by atoms with Gasteiger partial charge in [-0.05, 0) is 18.2 Å². The number of fused-ring (bicyclic) bond motifs is 1. The highest BCUT2D eigenvalue weighted by Crippen LogP contribution is 2.23. The fraction of sp³-hybridized carbons (Fsp3) is 0.267. The van der Waals surface area contributed by atoms with Gasteiger partial charge in [0.05, 0.1) is 24.6 Å². The molecule has 0 spiro atoms. The zero-order chi connectivity index (χ0) is 17.5. The van der Waals surface area contributed by atoms with Crippen LogP contribution < -0.4 is 0 Å². The monoisotopic (exact) mass is 350 g/mol. The first-order valence-electron chi connectivity index (χ1n) is 8.11. The van der Waals surface area contributed by atoms with E-state index in [0.29, 0.717) is 30.7 Å². The molecular weight excluding hydrogens is 336 g/mol. The van der Waals surface area contributed by atoms with Gasteiger partial charge < -0.3 is 4.90 Å². The van der Waals surface area contributed by atoms with E-state index in [1.807, 2.05) is 6.20 Å². The molecule has 11 heteroatoms. The Morgan fingerprint density at radius 3 is 2.81 bits per heavy atom. The maximum atomic E-state index is 12.6. The summed E-state index contributed by atoms with van der Waals surface area (Å²) in [5.74, 6) is -0.0211. The van der Waals surface area contributed by atoms with E-state index in [9.17, 15) is 4.79 Å². The zero-order valence-electron chi connectivity index (χ0n) is 13.6. The van der Waals surface area contributed by atoms with E-state index in [1.165, 1.54) is 0 Å². The Bertz CT molecular complexity index is 1060. The molecule has 1 saturated heterocycles. The summed E-state index contributed by atoms with van der Waals surface area (Å²) in [7, 11) is 0. The molecular formula is C15H14N10O. The minimum absolute atomic E-state index is 0.0211. The molecule has 0 aliphatic carbocycles. The van der Waals surface area contributed by atoms with Crippen LogP contribution in [0.3, 0.4) is 0 Å². The highest BCUT2D eigenvalue weighted by Gasteiger charge is 2.33. The molecule has 130 valence electrons. The van der Waals surface area contributed by atoms with E-state index >= 15 is 0 Å². The maximum absolute atomic E-state index is 12.6. The second-order valence-electron chi connectivity index (χ2n) is 6.14. The van der Waals surface area contributed by atoms with E-state index in [2.05, 4.69) is 35.9 Å². The van der Waals surface area contributed by atoms with Crippen molar-refractivity contribution in [1.82, 2.24) is 50.3 Å². The zero-order valence-corrected chi connectivity index (χ0v) is 13.6. The number of carbonyl (C=O) groups is 1. The van der Waals surface area contributed by atoms with Crippen molar-refractivity contribution in [3.05, 3.63) is 48.0 Å². The number of H-pyrrole nitrogens is 1. The van der Waals surface area contributed by atoms with Crippen LogP contribution in [0.2, 0.25) is 0 Å². The minimum Gasteiger partial charge on any atom is -0.334 e. The minimum atomic E-state index is -0.0211. The van der Waals surface area contributed by atoms with Gasteiger partial charge in [0.25, 0.3) is 5.91 Å². The van der Waals surface area contributed by atoms with E-state index < -0.39 is 0 Å². The second-order valence-corrected chi connectivity index (χ2v) is 6.14. The first-order chi connectivity index (χ1) is 12.8. The molecule has 1 aromatic carbocycles. The summed E-state index contributed by atoms with van der Waals surface area (Å²) in [5, 5.41) is 27.0. The van der Waals surface area contributed by atoms with Gasteiger partial charge in [0, 0.05) is 18.7 Å². The average Bonchev–Trinajstić information content (AvgIpc) is 3.34. The fourth-order valence-electron chi connectivity index (χ4n) is 2.98. The van der Waals surface area contributed by atoms with Crippen LogP contribution in [0, 0.1) is 0 Å². The largest absolute Gasteiger partial charge is 0.334 e. The quantitative estimate of drug-likeness (QED) is 0.544. The Morgan fingerprint density at radius 1 is 1.15 bits per heavy atom. The molecule has 1 aliphatic rings. The van der Waals surface area contributed by atoms with Gasteiger partial charge in [-0.1, -0.05) is 5.21 Å². The third-order valence-electron chi connectivity index (χ3n) is 4.41. The number of nitrogens with zero attached hydrogens (tertiary/aromatic N) is 9. The van der Waals surface area contributed by atoms with Gasteiger partial charge in [0.15, 0.2) is 0 Å². The van der Waals surface area contributed by atoms with E-state index in [4.69, 9.17) is 0 Å². The summed E-state index contributed by atoms with van der Waals surface area (Å²) in [4.78, 5) is 15.9. The van der Waals surface area contributed by atoms with Crippen LogP contribution in [-0.4, -0.2) is 69.3 Å². The third-order valence-corrected chi connectivity index (χ3v) is 4.41. The highest BCUT2D eigenvalue weighted by atomic mass is 16.2. The number of carbonyl (C=O) groups excluding carboxylic acids is 1. The first-order valence-corrected chi connectivity index (χ1v) is 8.11. The van der Waals surface area contributed by atoms with Gasteiger partial charge in [-0.15, -0.1) is 5.10 Å². The number of amides is 1. The summed E-state index contributed by atoms with van der Waals surface area (Å²) in [6.07, 6.45) is 5.11. The van der Waals surface area contributed by atoms with Crippen molar-refractivity contribution in [2.24, 2.45) is 0 Å². The molecule has 1 fully saturated rings. The Labute approximate surface area is 146 Å². The summed E-state index contributed by atoms with van der Waals surface area (Å²) in [6, 6.07) is 5.43. The van der Waals surface area contributed by atoms with E-state index in [1.54, 1.807) is 45.0 Å². The predicted molar refractivity (Wildman–Crippen MR) is 88.0 cm³/mol. The number of nitrogens with one attached hydrogen (secondary N) is 1. The van der Waals surface area contributed by atoms with E-state index in [0.717, 1.165) is 11.2 Å². The Hall–Kier alpha value is -3.63. The van der Waals surface area contributed by atoms with Crippen LogP contribution >= 0.6 is 0 Å². The van der Waals surface area contributed by atoms with Crippen LogP contribution in [0.5, 0.6) is 0 Å². The molecule has 1 amide bonds. The summed E-state index contributed by atoms with van der Waals surface area (Å²) < 4.78 is 1.80. The molecule has 4 aromatic rings. The van der Waals surface area contributed by atoms with Gasteiger partial charge >= 0.3 is 0 Å². The topological polar surface area (TPSA) is 123 Å². The van der Waals surface area contributed by atoms with Crippen molar-refractivity contribution in [3.8, 4) is 0 Å². The van der Waals surface area contributed by atoms with Gasteiger partial charge in [0.1, 0.15) is 23.3 Å². The molecule has 0 atom stereocenters.